The maximum Gasteiger partial charge on any atom is 0.305 e. The molecule has 0 N–H and O–H groups in total. The molecule has 0 spiro atoms. The normalized spacial score (nSPS) is 25.5. The van der Waals surface area contributed by atoms with Crippen molar-refractivity contribution in [2.45, 2.75) is 72.2 Å². The average Bonchev–Trinajstić information content (AvgIpc) is 2.56. The maximum atomic E-state index is 12.2. The van der Waals surface area contributed by atoms with Crippen LogP contribution < -0.4 is 0 Å². The van der Waals surface area contributed by atoms with Crippen LogP contribution in [0.15, 0.2) is 0 Å². The number of nitrogens with zero attached hydrogens (tertiary/aromatic N) is 1. The maximum absolute atomic E-state index is 12.2. The molecule has 168 valence electrons. The van der Waals surface area contributed by atoms with E-state index in [0.717, 1.165) is 41.5 Å². The molecule has 1 aliphatic rings. The number of esters is 4. The fraction of sp³-hybridized carbons (Fsp3) is 0.667. The number of rotatable bonds is 6. The van der Waals surface area contributed by atoms with Crippen molar-refractivity contribution in [3.63, 3.8) is 0 Å². The lowest BCUT2D eigenvalue weighted by Gasteiger charge is -2.47. The Labute approximate surface area is 172 Å². The lowest BCUT2D eigenvalue weighted by molar-refractivity contribution is -0.282. The van der Waals surface area contributed by atoms with Gasteiger partial charge in [-0.05, 0) is 0 Å². The molecule has 1 saturated heterocycles. The van der Waals surface area contributed by atoms with E-state index in [2.05, 4.69) is 0 Å². The summed E-state index contributed by atoms with van der Waals surface area (Å²) < 4.78 is 26.1. The molecule has 30 heavy (non-hydrogen) atoms. The highest BCUT2D eigenvalue weighted by Crippen LogP contribution is 2.31. The molecule has 0 saturated carbocycles. The zero-order valence-corrected chi connectivity index (χ0v) is 17.5. The molecular weight excluding hydrogens is 406 g/mol. The minimum atomic E-state index is -1.59. The molecule has 5 atom stereocenters. The third kappa shape index (κ3) is 6.79. The molecule has 12 heteroatoms. The first-order valence-corrected chi connectivity index (χ1v) is 8.96. The van der Waals surface area contributed by atoms with E-state index >= 15 is 0 Å². The van der Waals surface area contributed by atoms with Gasteiger partial charge in [-0.15, -0.1) is 0 Å². The molecule has 0 unspecified atom stereocenters. The van der Waals surface area contributed by atoms with Gasteiger partial charge in [-0.25, -0.2) is 0 Å². The van der Waals surface area contributed by atoms with Gasteiger partial charge in [0.05, 0.1) is 0 Å². The zero-order chi connectivity index (χ0) is 23.2. The van der Waals surface area contributed by atoms with Crippen molar-refractivity contribution in [2.75, 3.05) is 6.61 Å². The summed E-state index contributed by atoms with van der Waals surface area (Å²) >= 11 is 0. The summed E-state index contributed by atoms with van der Waals surface area (Å²) in [5.41, 5.74) is 0. The largest absolute Gasteiger partial charge is 0.463 e. The number of carbonyl (C=O) groups excluding carboxylic acids is 6. The van der Waals surface area contributed by atoms with Crippen LogP contribution in [0.3, 0.4) is 0 Å². The van der Waals surface area contributed by atoms with Crippen LogP contribution in [-0.2, 0) is 52.5 Å². The highest BCUT2D eigenvalue weighted by Gasteiger charge is 2.55. The average molecular weight is 431 g/mol. The quantitative estimate of drug-likeness (QED) is 0.394. The van der Waals surface area contributed by atoms with Gasteiger partial charge in [-0.2, -0.15) is 0 Å². The third-order valence-corrected chi connectivity index (χ3v) is 3.93. The topological polar surface area (TPSA) is 152 Å². The lowest BCUT2D eigenvalue weighted by atomic mass is 9.94. The first kappa shape index (κ1) is 25.0. The van der Waals surface area contributed by atoms with Crippen LogP contribution in [0.5, 0.6) is 0 Å². The van der Waals surface area contributed by atoms with Crippen LogP contribution in [0.4, 0.5) is 0 Å². The number of carbonyl (C=O) groups is 6. The van der Waals surface area contributed by atoms with Crippen molar-refractivity contribution in [3.05, 3.63) is 0 Å². The molecule has 1 fully saturated rings. The molecule has 2 amide bonds. The van der Waals surface area contributed by atoms with Gasteiger partial charge in [0.2, 0.25) is 18.1 Å². The summed E-state index contributed by atoms with van der Waals surface area (Å²) in [6.45, 7) is 6.03. The fourth-order valence-electron chi connectivity index (χ4n) is 3.06. The smallest absolute Gasteiger partial charge is 0.305 e. The van der Waals surface area contributed by atoms with Gasteiger partial charge in [0.15, 0.2) is 12.2 Å². The van der Waals surface area contributed by atoms with Crippen LogP contribution in [0.1, 0.15) is 41.5 Å². The predicted molar refractivity (Wildman–Crippen MR) is 95.2 cm³/mol. The summed E-state index contributed by atoms with van der Waals surface area (Å²) in [7, 11) is 0. The SMILES string of the molecule is CC(=O)OC[C@H]1O[C@H](OC(C)=O)[C@H](N(C(C)=O)C(C)=O)[C@@H](OC(C)=O)[C@@H]1OC(C)=O. The molecule has 1 aliphatic heterocycles. The van der Waals surface area contributed by atoms with E-state index in [1.165, 1.54) is 0 Å². The van der Waals surface area contributed by atoms with Crippen LogP contribution in [-0.4, -0.2) is 77.8 Å². The van der Waals surface area contributed by atoms with Gasteiger partial charge in [0.25, 0.3) is 0 Å². The summed E-state index contributed by atoms with van der Waals surface area (Å²) in [5.74, 6) is -4.64. The highest BCUT2D eigenvalue weighted by molar-refractivity contribution is 5.93. The Kier molecular flexibility index (Phi) is 8.90. The second kappa shape index (κ2) is 10.7. The van der Waals surface area contributed by atoms with E-state index in [-0.39, 0.29) is 0 Å². The molecule has 0 aliphatic carbocycles. The number of hydrogen-bond donors (Lipinski definition) is 0. The van der Waals surface area contributed by atoms with Gasteiger partial charge in [-0.3, -0.25) is 33.7 Å². The molecule has 12 nitrogen and oxygen atoms in total. The van der Waals surface area contributed by atoms with Crippen molar-refractivity contribution in [1.82, 2.24) is 4.90 Å². The molecule has 0 aromatic heterocycles. The van der Waals surface area contributed by atoms with Crippen molar-refractivity contribution in [2.24, 2.45) is 0 Å². The minimum absolute atomic E-state index is 0.449. The minimum Gasteiger partial charge on any atom is -0.463 e. The Bertz CT molecular complexity index is 705. The van der Waals surface area contributed by atoms with E-state index in [9.17, 15) is 28.8 Å². The number of ether oxygens (including phenoxy) is 5. The summed E-state index contributed by atoms with van der Waals surface area (Å²) in [5, 5.41) is 0. The second-order valence-corrected chi connectivity index (χ2v) is 6.50. The summed E-state index contributed by atoms with van der Waals surface area (Å²) in [6, 6.07) is -1.47. The molecule has 0 radical (unpaired) electrons. The predicted octanol–water partition coefficient (Wildman–Crippen LogP) is -0.535. The standard InChI is InChI=1S/C18H25NO11/c1-8(20)19(9(2)21)15-17(28-12(5)24)16(27-11(4)23)14(7-26-10(3)22)30-18(15)29-13(6)25/h14-18H,7H2,1-6H3/t14-,15-,16-,17-,18+/m1/s1. The van der Waals surface area contributed by atoms with Crippen molar-refractivity contribution >= 4 is 35.7 Å². The number of amides is 2. The number of imide groups is 1. The fourth-order valence-corrected chi connectivity index (χ4v) is 3.06. The molecule has 0 aromatic carbocycles. The third-order valence-electron chi connectivity index (χ3n) is 3.93. The Morgan fingerprint density at radius 3 is 1.57 bits per heavy atom. The molecule has 0 aromatic rings. The van der Waals surface area contributed by atoms with Crippen molar-refractivity contribution in [1.29, 1.82) is 0 Å². The monoisotopic (exact) mass is 431 g/mol. The van der Waals surface area contributed by atoms with E-state index < -0.39 is 72.9 Å². The lowest BCUT2D eigenvalue weighted by Crippen LogP contribution is -2.68. The van der Waals surface area contributed by atoms with Crippen LogP contribution >= 0.6 is 0 Å². The number of hydrogen-bond acceptors (Lipinski definition) is 11. The Morgan fingerprint density at radius 2 is 1.17 bits per heavy atom. The van der Waals surface area contributed by atoms with Crippen molar-refractivity contribution < 1.29 is 52.5 Å². The molecule has 1 heterocycles. The Hall–Kier alpha value is -3.02. The molecule has 0 bridgehead atoms. The van der Waals surface area contributed by atoms with Gasteiger partial charge in [-0.1, -0.05) is 0 Å². The van der Waals surface area contributed by atoms with Crippen LogP contribution in [0, 0.1) is 0 Å². The second-order valence-electron chi connectivity index (χ2n) is 6.50. The first-order chi connectivity index (χ1) is 13.8. The van der Waals surface area contributed by atoms with E-state index in [4.69, 9.17) is 23.7 Å². The van der Waals surface area contributed by atoms with Crippen LogP contribution in [0.25, 0.3) is 0 Å². The van der Waals surface area contributed by atoms with Crippen molar-refractivity contribution in [3.8, 4) is 0 Å². The van der Waals surface area contributed by atoms with E-state index in [0.29, 0.717) is 4.90 Å². The van der Waals surface area contributed by atoms with Gasteiger partial charge >= 0.3 is 23.9 Å². The van der Waals surface area contributed by atoms with E-state index in [1.807, 2.05) is 0 Å². The summed E-state index contributed by atoms with van der Waals surface area (Å²) in [4.78, 5) is 71.3. The zero-order valence-electron chi connectivity index (χ0n) is 17.5. The van der Waals surface area contributed by atoms with Gasteiger partial charge in [0.1, 0.15) is 18.8 Å². The highest BCUT2D eigenvalue weighted by atomic mass is 16.7. The van der Waals surface area contributed by atoms with Gasteiger partial charge < -0.3 is 23.7 Å². The Morgan fingerprint density at radius 1 is 0.700 bits per heavy atom. The first-order valence-electron chi connectivity index (χ1n) is 8.96. The van der Waals surface area contributed by atoms with E-state index in [1.54, 1.807) is 0 Å². The Balaban J connectivity index is 3.55. The van der Waals surface area contributed by atoms with Crippen LogP contribution in [0.2, 0.25) is 0 Å². The molecular formula is C18H25NO11. The van der Waals surface area contributed by atoms with Gasteiger partial charge in [0, 0.05) is 41.5 Å². The molecule has 1 rings (SSSR count). The summed E-state index contributed by atoms with van der Waals surface area (Å²) in [6.07, 6.45) is -5.68.